The van der Waals surface area contributed by atoms with Gasteiger partial charge in [-0.3, -0.25) is 4.90 Å². The summed E-state index contributed by atoms with van der Waals surface area (Å²) >= 11 is 0. The van der Waals surface area contributed by atoms with E-state index in [2.05, 4.69) is 0 Å². The summed E-state index contributed by atoms with van der Waals surface area (Å²) in [4.78, 5) is 14.3. The van der Waals surface area contributed by atoms with Gasteiger partial charge in [-0.05, 0) is 45.2 Å². The van der Waals surface area contributed by atoms with Crippen molar-refractivity contribution in [1.82, 2.24) is 0 Å². The van der Waals surface area contributed by atoms with Gasteiger partial charge in [0, 0.05) is 7.11 Å². The van der Waals surface area contributed by atoms with Gasteiger partial charge in [0.2, 0.25) is 0 Å². The average molecular weight is 321 g/mol. The summed E-state index contributed by atoms with van der Waals surface area (Å²) in [6, 6.07) is 7.30. The van der Waals surface area contributed by atoms with Crippen LogP contribution in [0.3, 0.4) is 0 Å². The molecule has 1 heterocycles. The standard InChI is InChI=1S/C18H27NO4/c1-6-18(21,12-22-5)15-11-13-9-7-8-10-14(13)19(15)16(20)23-17(2,3)4/h7-10,15,21H,6,11-12H2,1-5H3/t15-,18-/m0/s1. The first-order valence-electron chi connectivity index (χ1n) is 8.03. The molecule has 0 bridgehead atoms. The molecular formula is C18H27NO4. The zero-order valence-electron chi connectivity index (χ0n) is 14.6. The van der Waals surface area contributed by atoms with Crippen LogP contribution in [0.1, 0.15) is 39.7 Å². The minimum Gasteiger partial charge on any atom is -0.443 e. The van der Waals surface area contributed by atoms with Crippen molar-refractivity contribution >= 4 is 11.8 Å². The molecule has 128 valence electrons. The zero-order valence-corrected chi connectivity index (χ0v) is 14.6. The van der Waals surface area contributed by atoms with Crippen LogP contribution >= 0.6 is 0 Å². The Bertz CT molecular complexity index is 566. The molecule has 0 spiro atoms. The van der Waals surface area contributed by atoms with E-state index in [1.807, 2.05) is 52.0 Å². The molecule has 0 aliphatic carbocycles. The van der Waals surface area contributed by atoms with E-state index in [0.717, 1.165) is 11.3 Å². The predicted molar refractivity (Wildman–Crippen MR) is 89.8 cm³/mol. The van der Waals surface area contributed by atoms with Crippen molar-refractivity contribution in [1.29, 1.82) is 0 Å². The Kier molecular flexibility index (Phi) is 5.01. The molecule has 23 heavy (non-hydrogen) atoms. The minimum atomic E-state index is -1.12. The lowest BCUT2D eigenvalue weighted by Crippen LogP contribution is -2.56. The third-order valence-corrected chi connectivity index (χ3v) is 4.19. The fraction of sp³-hybridized carbons (Fsp3) is 0.611. The highest BCUT2D eigenvalue weighted by molar-refractivity contribution is 5.91. The first-order chi connectivity index (χ1) is 10.7. The lowest BCUT2D eigenvalue weighted by molar-refractivity contribution is -0.0529. The summed E-state index contributed by atoms with van der Waals surface area (Å²) < 4.78 is 10.8. The molecule has 5 heteroatoms. The molecule has 0 radical (unpaired) electrons. The number of aliphatic hydroxyl groups is 1. The number of para-hydroxylation sites is 1. The predicted octanol–water partition coefficient (Wildman–Crippen LogP) is 3.14. The van der Waals surface area contributed by atoms with Crippen molar-refractivity contribution in [3.05, 3.63) is 29.8 Å². The number of ether oxygens (including phenoxy) is 2. The molecule has 2 rings (SSSR count). The molecular weight excluding hydrogens is 294 g/mol. The first-order valence-corrected chi connectivity index (χ1v) is 8.03. The summed E-state index contributed by atoms with van der Waals surface area (Å²) in [6.07, 6.45) is 0.637. The molecule has 1 N–H and O–H groups in total. The fourth-order valence-corrected chi connectivity index (χ4v) is 3.04. The van der Waals surface area contributed by atoms with Crippen molar-refractivity contribution in [2.45, 2.75) is 57.8 Å². The Hall–Kier alpha value is -1.59. The van der Waals surface area contributed by atoms with Crippen LogP contribution in [-0.2, 0) is 15.9 Å². The Morgan fingerprint density at radius 2 is 2.00 bits per heavy atom. The van der Waals surface area contributed by atoms with Gasteiger partial charge in [0.15, 0.2) is 0 Å². The number of methoxy groups -OCH3 is 1. The van der Waals surface area contributed by atoms with Crippen molar-refractivity contribution in [3.63, 3.8) is 0 Å². The van der Waals surface area contributed by atoms with E-state index >= 15 is 0 Å². The highest BCUT2D eigenvalue weighted by Gasteiger charge is 2.47. The molecule has 0 unspecified atom stereocenters. The van der Waals surface area contributed by atoms with Gasteiger partial charge in [-0.25, -0.2) is 4.79 Å². The first kappa shape index (κ1) is 17.8. The van der Waals surface area contributed by atoms with Crippen LogP contribution in [0.2, 0.25) is 0 Å². The molecule has 0 saturated carbocycles. The normalized spacial score (nSPS) is 20.1. The van der Waals surface area contributed by atoms with Gasteiger partial charge in [0.25, 0.3) is 0 Å². The second-order valence-corrected chi connectivity index (χ2v) is 7.09. The molecule has 1 amide bonds. The molecule has 1 aliphatic heterocycles. The summed E-state index contributed by atoms with van der Waals surface area (Å²) in [6.45, 7) is 7.58. The van der Waals surface area contributed by atoms with E-state index in [9.17, 15) is 9.90 Å². The van der Waals surface area contributed by atoms with E-state index in [1.54, 1.807) is 12.0 Å². The maximum absolute atomic E-state index is 12.8. The Balaban J connectivity index is 2.40. The van der Waals surface area contributed by atoms with Crippen LogP contribution in [-0.4, -0.2) is 42.2 Å². The minimum absolute atomic E-state index is 0.168. The number of rotatable bonds is 4. The molecule has 1 aliphatic rings. The lowest BCUT2D eigenvalue weighted by Gasteiger charge is -2.38. The number of carbonyl (C=O) groups excluding carboxylic acids is 1. The van der Waals surface area contributed by atoms with Crippen molar-refractivity contribution < 1.29 is 19.4 Å². The summed E-state index contributed by atoms with van der Waals surface area (Å²) in [5.74, 6) is 0. The van der Waals surface area contributed by atoms with Crippen molar-refractivity contribution in [2.24, 2.45) is 0 Å². The highest BCUT2D eigenvalue weighted by atomic mass is 16.6. The quantitative estimate of drug-likeness (QED) is 0.925. The molecule has 2 atom stereocenters. The third-order valence-electron chi connectivity index (χ3n) is 4.19. The van der Waals surface area contributed by atoms with Crippen LogP contribution in [0.25, 0.3) is 0 Å². The van der Waals surface area contributed by atoms with Crippen molar-refractivity contribution in [3.8, 4) is 0 Å². The molecule has 0 fully saturated rings. The summed E-state index contributed by atoms with van der Waals surface area (Å²) in [5.41, 5.74) is 0.121. The number of amides is 1. The molecule has 0 saturated heterocycles. The second-order valence-electron chi connectivity index (χ2n) is 7.09. The number of hydrogen-bond acceptors (Lipinski definition) is 4. The number of nitrogens with zero attached hydrogens (tertiary/aromatic N) is 1. The fourth-order valence-electron chi connectivity index (χ4n) is 3.04. The van der Waals surface area contributed by atoms with E-state index in [-0.39, 0.29) is 6.61 Å². The number of fused-ring (bicyclic) bond motifs is 1. The smallest absolute Gasteiger partial charge is 0.415 e. The number of benzene rings is 1. The van der Waals surface area contributed by atoms with Gasteiger partial charge < -0.3 is 14.6 Å². The van der Waals surface area contributed by atoms with Gasteiger partial charge in [0.1, 0.15) is 11.2 Å². The van der Waals surface area contributed by atoms with Crippen LogP contribution in [0.4, 0.5) is 10.5 Å². The summed E-state index contributed by atoms with van der Waals surface area (Å²) in [5, 5.41) is 11.0. The number of carbonyl (C=O) groups is 1. The second kappa shape index (κ2) is 6.49. The Labute approximate surface area is 138 Å². The maximum atomic E-state index is 12.8. The van der Waals surface area contributed by atoms with Gasteiger partial charge in [-0.1, -0.05) is 25.1 Å². The molecule has 1 aromatic carbocycles. The van der Waals surface area contributed by atoms with E-state index in [4.69, 9.17) is 9.47 Å². The highest BCUT2D eigenvalue weighted by Crippen LogP contribution is 2.38. The van der Waals surface area contributed by atoms with Crippen LogP contribution < -0.4 is 4.90 Å². The van der Waals surface area contributed by atoms with Gasteiger partial charge in [0.05, 0.1) is 18.3 Å². The van der Waals surface area contributed by atoms with Gasteiger partial charge >= 0.3 is 6.09 Å². The van der Waals surface area contributed by atoms with E-state index < -0.39 is 23.3 Å². The van der Waals surface area contributed by atoms with Crippen LogP contribution in [0.5, 0.6) is 0 Å². The summed E-state index contributed by atoms with van der Waals surface area (Å²) in [7, 11) is 1.56. The Morgan fingerprint density at radius 3 is 2.57 bits per heavy atom. The number of hydrogen-bond donors (Lipinski definition) is 1. The number of anilines is 1. The monoisotopic (exact) mass is 321 g/mol. The van der Waals surface area contributed by atoms with Gasteiger partial charge in [-0.15, -0.1) is 0 Å². The Morgan fingerprint density at radius 1 is 1.35 bits per heavy atom. The average Bonchev–Trinajstić information content (AvgIpc) is 2.85. The van der Waals surface area contributed by atoms with Gasteiger partial charge in [-0.2, -0.15) is 0 Å². The topological polar surface area (TPSA) is 59.0 Å². The molecule has 5 nitrogen and oxygen atoms in total. The zero-order chi connectivity index (χ0) is 17.3. The van der Waals surface area contributed by atoms with E-state index in [1.165, 1.54) is 0 Å². The maximum Gasteiger partial charge on any atom is 0.415 e. The van der Waals surface area contributed by atoms with Crippen molar-refractivity contribution in [2.75, 3.05) is 18.6 Å². The van der Waals surface area contributed by atoms with Crippen LogP contribution in [0.15, 0.2) is 24.3 Å². The SMILES string of the molecule is CC[C@](O)(COC)[C@@H]1Cc2ccccc2N1C(=O)OC(C)(C)C. The molecule has 0 aromatic heterocycles. The van der Waals surface area contributed by atoms with E-state index in [0.29, 0.717) is 12.8 Å². The van der Waals surface area contributed by atoms with Crippen LogP contribution in [0, 0.1) is 0 Å². The lowest BCUT2D eigenvalue weighted by atomic mass is 9.89. The largest absolute Gasteiger partial charge is 0.443 e. The molecule has 1 aromatic rings. The third kappa shape index (κ3) is 3.67.